The number of benzene rings is 2. The van der Waals surface area contributed by atoms with Crippen molar-refractivity contribution in [2.24, 2.45) is 0 Å². The van der Waals surface area contributed by atoms with E-state index in [2.05, 4.69) is 10.6 Å². The molecule has 0 heterocycles. The summed E-state index contributed by atoms with van der Waals surface area (Å²) in [4.78, 5) is 23.6. The molecule has 2 amide bonds. The van der Waals surface area contributed by atoms with Crippen LogP contribution in [0.25, 0.3) is 0 Å². The molecular weight excluding hydrogens is 316 g/mol. The molecule has 0 bridgehead atoms. The van der Waals surface area contributed by atoms with Crippen molar-refractivity contribution in [1.82, 2.24) is 5.32 Å². The first-order chi connectivity index (χ1) is 11.8. The van der Waals surface area contributed by atoms with Crippen LogP contribution in [0, 0.1) is 0 Å². The Kier molecular flexibility index (Phi) is 5.80. The Balaban J connectivity index is 2.06. The lowest BCUT2D eigenvalue weighted by molar-refractivity contribution is -0.114. The fourth-order valence-electron chi connectivity index (χ4n) is 2.66. The van der Waals surface area contributed by atoms with Crippen LogP contribution < -0.4 is 15.4 Å². The largest absolute Gasteiger partial charge is 0.496 e. The number of rotatable bonds is 6. The van der Waals surface area contributed by atoms with E-state index in [4.69, 9.17) is 4.74 Å². The van der Waals surface area contributed by atoms with Crippen molar-refractivity contribution < 1.29 is 14.3 Å². The van der Waals surface area contributed by atoms with E-state index in [0.29, 0.717) is 17.7 Å². The quantitative estimate of drug-likeness (QED) is 0.847. The van der Waals surface area contributed by atoms with E-state index in [0.717, 1.165) is 11.3 Å². The highest BCUT2D eigenvalue weighted by Crippen LogP contribution is 2.23. The molecule has 0 atom stereocenters. The second-order valence-corrected chi connectivity index (χ2v) is 6.59. The Morgan fingerprint density at radius 1 is 1.04 bits per heavy atom. The minimum atomic E-state index is -0.442. The number of methoxy groups -OCH3 is 1. The standard InChI is InChI=1S/C20H24N2O3/c1-14(23)21-17-11-9-15(10-12-17)19(24)22-20(2,3)13-16-7-5-6-8-18(16)25-4/h5-12H,13H2,1-4H3,(H,21,23)(H,22,24). The van der Waals surface area contributed by atoms with E-state index in [1.54, 1.807) is 31.4 Å². The smallest absolute Gasteiger partial charge is 0.251 e. The topological polar surface area (TPSA) is 67.4 Å². The van der Waals surface area contributed by atoms with Crippen LogP contribution in [0.5, 0.6) is 5.75 Å². The highest BCUT2D eigenvalue weighted by Gasteiger charge is 2.23. The number of carbonyl (C=O) groups excluding carboxylic acids is 2. The van der Waals surface area contributed by atoms with Crippen LogP contribution in [-0.4, -0.2) is 24.5 Å². The third-order valence-electron chi connectivity index (χ3n) is 3.74. The van der Waals surface area contributed by atoms with Gasteiger partial charge in [-0.2, -0.15) is 0 Å². The highest BCUT2D eigenvalue weighted by molar-refractivity contribution is 5.95. The first-order valence-corrected chi connectivity index (χ1v) is 8.13. The second kappa shape index (κ2) is 7.83. The molecule has 5 heteroatoms. The number of nitrogens with one attached hydrogen (secondary N) is 2. The fourth-order valence-corrected chi connectivity index (χ4v) is 2.66. The Morgan fingerprint density at radius 2 is 1.68 bits per heavy atom. The lowest BCUT2D eigenvalue weighted by Gasteiger charge is -2.27. The van der Waals surface area contributed by atoms with Crippen molar-refractivity contribution in [3.63, 3.8) is 0 Å². The molecule has 132 valence electrons. The summed E-state index contributed by atoms with van der Waals surface area (Å²) in [6.07, 6.45) is 0.646. The Labute approximate surface area is 148 Å². The third-order valence-corrected chi connectivity index (χ3v) is 3.74. The summed E-state index contributed by atoms with van der Waals surface area (Å²) in [6.45, 7) is 5.40. The fraction of sp³-hybridized carbons (Fsp3) is 0.300. The van der Waals surface area contributed by atoms with Crippen LogP contribution in [0.4, 0.5) is 5.69 Å². The van der Waals surface area contributed by atoms with Crippen molar-refractivity contribution in [2.75, 3.05) is 12.4 Å². The van der Waals surface area contributed by atoms with Gasteiger partial charge in [0, 0.05) is 23.7 Å². The van der Waals surface area contributed by atoms with E-state index in [-0.39, 0.29) is 11.8 Å². The summed E-state index contributed by atoms with van der Waals surface area (Å²) < 4.78 is 5.38. The molecule has 2 aromatic rings. The molecule has 0 saturated heterocycles. The minimum Gasteiger partial charge on any atom is -0.496 e. The van der Waals surface area contributed by atoms with Gasteiger partial charge in [-0.3, -0.25) is 9.59 Å². The highest BCUT2D eigenvalue weighted by atomic mass is 16.5. The molecule has 25 heavy (non-hydrogen) atoms. The predicted octanol–water partition coefficient (Wildman–Crippen LogP) is 3.40. The summed E-state index contributed by atoms with van der Waals surface area (Å²) in [5.41, 5.74) is 1.80. The molecule has 2 rings (SSSR count). The zero-order valence-corrected chi connectivity index (χ0v) is 15.1. The van der Waals surface area contributed by atoms with Crippen molar-refractivity contribution in [3.05, 3.63) is 59.7 Å². The SMILES string of the molecule is COc1ccccc1CC(C)(C)NC(=O)c1ccc(NC(C)=O)cc1. The molecule has 5 nitrogen and oxygen atoms in total. The van der Waals surface area contributed by atoms with Crippen molar-refractivity contribution in [1.29, 1.82) is 0 Å². The summed E-state index contributed by atoms with van der Waals surface area (Å²) >= 11 is 0. The van der Waals surface area contributed by atoms with Crippen molar-refractivity contribution in [2.45, 2.75) is 32.7 Å². The first-order valence-electron chi connectivity index (χ1n) is 8.13. The summed E-state index contributed by atoms with van der Waals surface area (Å²) in [6, 6.07) is 14.6. The van der Waals surface area contributed by atoms with Gasteiger partial charge in [0.1, 0.15) is 5.75 Å². The lowest BCUT2D eigenvalue weighted by atomic mass is 9.94. The molecule has 0 fully saturated rings. The number of amides is 2. The van der Waals surface area contributed by atoms with Crippen LogP contribution >= 0.6 is 0 Å². The van der Waals surface area contributed by atoms with Crippen LogP contribution in [0.2, 0.25) is 0 Å². The van der Waals surface area contributed by atoms with Gasteiger partial charge in [-0.1, -0.05) is 18.2 Å². The van der Waals surface area contributed by atoms with Crippen molar-refractivity contribution in [3.8, 4) is 5.75 Å². The normalized spacial score (nSPS) is 10.9. The Morgan fingerprint density at radius 3 is 2.28 bits per heavy atom. The number of carbonyl (C=O) groups is 2. The Hall–Kier alpha value is -2.82. The molecule has 0 aromatic heterocycles. The third kappa shape index (κ3) is 5.35. The maximum atomic E-state index is 12.5. The van der Waals surface area contributed by atoms with Gasteiger partial charge in [-0.25, -0.2) is 0 Å². The minimum absolute atomic E-state index is 0.143. The van der Waals surface area contributed by atoms with Gasteiger partial charge in [-0.05, 0) is 56.2 Å². The summed E-state index contributed by atoms with van der Waals surface area (Å²) in [5.74, 6) is 0.508. The van der Waals surface area contributed by atoms with Gasteiger partial charge in [0.25, 0.3) is 5.91 Å². The van der Waals surface area contributed by atoms with Gasteiger partial charge in [-0.15, -0.1) is 0 Å². The van der Waals surface area contributed by atoms with Crippen molar-refractivity contribution >= 4 is 17.5 Å². The maximum Gasteiger partial charge on any atom is 0.251 e. The predicted molar refractivity (Wildman–Crippen MR) is 99.0 cm³/mol. The molecule has 0 unspecified atom stereocenters. The molecule has 0 aliphatic heterocycles. The van der Waals surface area contributed by atoms with Crippen LogP contribution in [0.15, 0.2) is 48.5 Å². The summed E-state index contributed by atoms with van der Waals surface area (Å²) in [7, 11) is 1.64. The average Bonchev–Trinajstić information content (AvgIpc) is 2.54. The Bertz CT molecular complexity index is 752. The van der Waals surface area contributed by atoms with Crippen LogP contribution in [-0.2, 0) is 11.2 Å². The number of para-hydroxylation sites is 1. The molecule has 0 aliphatic carbocycles. The van der Waals surface area contributed by atoms with Gasteiger partial charge < -0.3 is 15.4 Å². The van der Waals surface area contributed by atoms with E-state index < -0.39 is 5.54 Å². The van der Waals surface area contributed by atoms with Gasteiger partial charge >= 0.3 is 0 Å². The number of anilines is 1. The van der Waals surface area contributed by atoms with E-state index in [9.17, 15) is 9.59 Å². The molecule has 0 aliphatic rings. The monoisotopic (exact) mass is 340 g/mol. The van der Waals surface area contributed by atoms with Gasteiger partial charge in [0.2, 0.25) is 5.91 Å². The molecule has 0 saturated carbocycles. The number of hydrogen-bond acceptors (Lipinski definition) is 3. The molecular formula is C20H24N2O3. The number of ether oxygens (including phenoxy) is 1. The average molecular weight is 340 g/mol. The summed E-state index contributed by atoms with van der Waals surface area (Å²) in [5, 5.41) is 5.73. The van der Waals surface area contributed by atoms with E-state index in [1.165, 1.54) is 6.92 Å². The molecule has 0 radical (unpaired) electrons. The van der Waals surface area contributed by atoms with Crippen LogP contribution in [0.1, 0.15) is 36.7 Å². The zero-order valence-electron chi connectivity index (χ0n) is 15.1. The zero-order chi connectivity index (χ0) is 18.4. The molecule has 0 spiro atoms. The molecule has 2 N–H and O–H groups in total. The molecule has 2 aromatic carbocycles. The maximum absolute atomic E-state index is 12.5. The second-order valence-electron chi connectivity index (χ2n) is 6.59. The van der Waals surface area contributed by atoms with E-state index >= 15 is 0 Å². The van der Waals surface area contributed by atoms with Crippen LogP contribution in [0.3, 0.4) is 0 Å². The van der Waals surface area contributed by atoms with Gasteiger partial charge in [0.05, 0.1) is 7.11 Å². The van der Waals surface area contributed by atoms with E-state index in [1.807, 2.05) is 38.1 Å². The first kappa shape index (κ1) is 18.5. The number of hydrogen-bond donors (Lipinski definition) is 2. The van der Waals surface area contributed by atoms with Gasteiger partial charge in [0.15, 0.2) is 0 Å². The lowest BCUT2D eigenvalue weighted by Crippen LogP contribution is -2.45.